The van der Waals surface area contributed by atoms with Gasteiger partial charge in [0.2, 0.25) is 0 Å². The fourth-order valence-electron chi connectivity index (χ4n) is 9.54. The fraction of sp³-hybridized carbons (Fsp3) is 0.0588. The first-order chi connectivity index (χ1) is 26.0. The smallest absolute Gasteiger partial charge is 0.143 e. The number of fused-ring (bicyclic) bond motifs is 13. The number of hydrogen-bond acceptors (Lipinski definition) is 2. The van der Waals surface area contributed by atoms with E-state index in [2.05, 4.69) is 159 Å². The van der Waals surface area contributed by atoms with Crippen molar-refractivity contribution < 1.29 is 8.83 Å². The van der Waals surface area contributed by atoms with E-state index in [1.54, 1.807) is 0 Å². The van der Waals surface area contributed by atoms with Gasteiger partial charge in [-0.2, -0.15) is 0 Å². The number of para-hydroxylation sites is 1. The van der Waals surface area contributed by atoms with Gasteiger partial charge in [-0.25, -0.2) is 0 Å². The second-order valence-electron chi connectivity index (χ2n) is 15.2. The van der Waals surface area contributed by atoms with Crippen molar-refractivity contribution in [3.63, 3.8) is 0 Å². The van der Waals surface area contributed by atoms with Gasteiger partial charge in [-0.1, -0.05) is 135 Å². The molecule has 0 spiro atoms. The Balaban J connectivity index is 1.12. The van der Waals surface area contributed by atoms with Gasteiger partial charge in [-0.3, -0.25) is 0 Å². The summed E-state index contributed by atoms with van der Waals surface area (Å²) in [6, 6.07) is 57.5. The van der Waals surface area contributed by atoms with Crippen LogP contribution < -0.4 is 0 Å². The molecule has 0 bridgehead atoms. The first-order valence-electron chi connectivity index (χ1n) is 18.4. The Morgan fingerprint density at radius 2 is 0.887 bits per heavy atom. The van der Waals surface area contributed by atoms with E-state index in [9.17, 15) is 0 Å². The maximum Gasteiger partial charge on any atom is 0.143 e. The molecule has 12 rings (SSSR count). The molecule has 0 saturated heterocycles. The van der Waals surface area contributed by atoms with E-state index in [0.717, 1.165) is 44.1 Å². The van der Waals surface area contributed by atoms with Crippen LogP contribution in [0.2, 0.25) is 0 Å². The van der Waals surface area contributed by atoms with Crippen molar-refractivity contribution in [1.29, 1.82) is 0 Å². The molecule has 248 valence electrons. The lowest BCUT2D eigenvalue weighted by Gasteiger charge is -2.22. The summed E-state index contributed by atoms with van der Waals surface area (Å²) in [7, 11) is 0. The minimum Gasteiger partial charge on any atom is -0.456 e. The molecule has 2 aromatic heterocycles. The van der Waals surface area contributed by atoms with Crippen LogP contribution in [0.25, 0.3) is 110 Å². The van der Waals surface area contributed by atoms with Crippen molar-refractivity contribution in [3.05, 3.63) is 169 Å². The van der Waals surface area contributed by atoms with Crippen LogP contribution in [0.5, 0.6) is 0 Å². The van der Waals surface area contributed by atoms with Gasteiger partial charge in [0.15, 0.2) is 0 Å². The van der Waals surface area contributed by atoms with Crippen molar-refractivity contribution in [2.75, 3.05) is 0 Å². The second kappa shape index (κ2) is 10.2. The Hall–Kier alpha value is -6.64. The molecule has 2 heteroatoms. The third-order valence-corrected chi connectivity index (χ3v) is 12.0. The number of benzene rings is 9. The van der Waals surface area contributed by atoms with Gasteiger partial charge in [0.05, 0.1) is 0 Å². The lowest BCUT2D eigenvalue weighted by Crippen LogP contribution is -2.14. The van der Waals surface area contributed by atoms with Gasteiger partial charge in [0.1, 0.15) is 22.3 Å². The van der Waals surface area contributed by atoms with Crippen LogP contribution in [-0.2, 0) is 5.41 Å². The minimum atomic E-state index is -0.162. The molecule has 0 unspecified atom stereocenters. The average Bonchev–Trinajstić information content (AvgIpc) is 3.82. The maximum atomic E-state index is 6.85. The number of furan rings is 2. The average molecular weight is 677 g/mol. The molecule has 0 amide bonds. The van der Waals surface area contributed by atoms with Crippen LogP contribution in [0.1, 0.15) is 25.0 Å². The van der Waals surface area contributed by atoms with E-state index < -0.39 is 0 Å². The van der Waals surface area contributed by atoms with Crippen LogP contribution in [0.4, 0.5) is 0 Å². The van der Waals surface area contributed by atoms with Gasteiger partial charge in [-0.15, -0.1) is 0 Å². The number of rotatable bonds is 2. The lowest BCUT2D eigenvalue weighted by molar-refractivity contribution is 0.653. The van der Waals surface area contributed by atoms with Crippen LogP contribution >= 0.6 is 0 Å². The molecule has 0 fully saturated rings. The first kappa shape index (κ1) is 29.0. The highest BCUT2D eigenvalue weighted by Crippen LogP contribution is 2.54. The highest BCUT2D eigenvalue weighted by molar-refractivity contribution is 6.22. The molecule has 53 heavy (non-hydrogen) atoms. The third kappa shape index (κ3) is 3.87. The molecule has 0 aliphatic heterocycles. The predicted molar refractivity (Wildman–Crippen MR) is 222 cm³/mol. The zero-order chi connectivity index (χ0) is 35.0. The van der Waals surface area contributed by atoms with Gasteiger partial charge >= 0.3 is 0 Å². The molecule has 0 N–H and O–H groups in total. The topological polar surface area (TPSA) is 26.3 Å². The molecule has 1 aliphatic carbocycles. The molecule has 0 radical (unpaired) electrons. The molecular weight excluding hydrogens is 645 g/mol. The summed E-state index contributed by atoms with van der Waals surface area (Å²) in [5, 5.41) is 12.0. The summed E-state index contributed by atoms with van der Waals surface area (Å²) in [4.78, 5) is 0. The van der Waals surface area contributed by atoms with E-state index in [0.29, 0.717) is 0 Å². The Labute approximate surface area is 305 Å². The molecule has 0 atom stereocenters. The van der Waals surface area contributed by atoms with E-state index in [-0.39, 0.29) is 5.41 Å². The van der Waals surface area contributed by atoms with Crippen LogP contribution in [0.15, 0.2) is 167 Å². The quantitative estimate of drug-likeness (QED) is 0.170. The summed E-state index contributed by atoms with van der Waals surface area (Å²) in [5.41, 5.74) is 13.5. The maximum absolute atomic E-state index is 6.85. The van der Waals surface area contributed by atoms with Gasteiger partial charge < -0.3 is 8.83 Å². The largest absolute Gasteiger partial charge is 0.456 e. The second-order valence-corrected chi connectivity index (χ2v) is 15.2. The Bertz CT molecular complexity index is 3310. The lowest BCUT2D eigenvalue weighted by atomic mass is 9.81. The number of hydrogen-bond donors (Lipinski definition) is 0. The van der Waals surface area contributed by atoms with Crippen LogP contribution in [-0.4, -0.2) is 0 Å². The monoisotopic (exact) mass is 676 g/mol. The van der Waals surface area contributed by atoms with Crippen molar-refractivity contribution in [2.24, 2.45) is 0 Å². The Kier molecular flexibility index (Phi) is 5.60. The molecule has 1 aliphatic rings. The van der Waals surface area contributed by atoms with E-state index >= 15 is 0 Å². The molecular formula is C51H32O2. The fourth-order valence-corrected chi connectivity index (χ4v) is 9.54. The van der Waals surface area contributed by atoms with Gasteiger partial charge in [-0.05, 0) is 108 Å². The predicted octanol–water partition coefficient (Wildman–Crippen LogP) is 14.6. The molecule has 0 saturated carbocycles. The summed E-state index contributed by atoms with van der Waals surface area (Å²) in [6.45, 7) is 4.69. The summed E-state index contributed by atoms with van der Waals surface area (Å²) in [6.07, 6.45) is 0. The molecule has 2 nitrogen and oxygen atoms in total. The highest BCUT2D eigenvalue weighted by atomic mass is 16.3. The Morgan fingerprint density at radius 1 is 0.358 bits per heavy atom. The molecule has 2 heterocycles. The summed E-state index contributed by atoms with van der Waals surface area (Å²) < 4.78 is 13.2. The van der Waals surface area contributed by atoms with Crippen LogP contribution in [0.3, 0.4) is 0 Å². The minimum absolute atomic E-state index is 0.162. The van der Waals surface area contributed by atoms with E-state index in [1.807, 2.05) is 12.1 Å². The molecule has 11 aromatic rings. The zero-order valence-corrected chi connectivity index (χ0v) is 29.3. The zero-order valence-electron chi connectivity index (χ0n) is 29.3. The normalized spacial score (nSPS) is 13.6. The standard InChI is InChI=1S/C51H32O2/c1-51(2)42-23-20-31(26-41(42)49-43(51)24-22-39-40-25-29-11-3-4-12-30(29)27-46(40)53-50(39)49)47-35-14-5-7-16-37(35)48(38-17-8-6-15-36(38)47)32-19-21-34-33-13-9-10-18-44(33)52-45(34)28-32/h3-28H,1-2H3. The van der Waals surface area contributed by atoms with Crippen LogP contribution in [0, 0.1) is 0 Å². The highest BCUT2D eigenvalue weighted by Gasteiger charge is 2.38. The van der Waals surface area contributed by atoms with Gasteiger partial charge in [0.25, 0.3) is 0 Å². The van der Waals surface area contributed by atoms with Crippen molar-refractivity contribution in [1.82, 2.24) is 0 Å². The summed E-state index contributed by atoms with van der Waals surface area (Å²) >= 11 is 0. The van der Waals surface area contributed by atoms with Crippen molar-refractivity contribution >= 4 is 76.2 Å². The third-order valence-electron chi connectivity index (χ3n) is 12.0. The van der Waals surface area contributed by atoms with E-state index in [4.69, 9.17) is 8.83 Å². The van der Waals surface area contributed by atoms with Crippen molar-refractivity contribution in [2.45, 2.75) is 19.3 Å². The van der Waals surface area contributed by atoms with E-state index in [1.165, 1.54) is 76.6 Å². The SMILES string of the molecule is CC1(C)c2ccc(-c3c4ccccc4c(-c4ccc5c(c4)oc4ccccc45)c4ccccc34)cc2-c2c1ccc1c2oc2cc3ccccc3cc21. The van der Waals surface area contributed by atoms with Gasteiger partial charge in [0, 0.05) is 32.5 Å². The summed E-state index contributed by atoms with van der Waals surface area (Å²) in [5.74, 6) is 0. The molecule has 9 aromatic carbocycles. The van der Waals surface area contributed by atoms with Crippen molar-refractivity contribution in [3.8, 4) is 33.4 Å². The first-order valence-corrected chi connectivity index (χ1v) is 18.4. The Morgan fingerprint density at radius 3 is 1.60 bits per heavy atom.